The highest BCUT2D eigenvalue weighted by molar-refractivity contribution is 6.13. The van der Waals surface area contributed by atoms with E-state index in [1.165, 1.54) is 33.4 Å². The molecule has 10 aromatic rings. The molecule has 56 heavy (non-hydrogen) atoms. The Bertz CT molecular complexity index is 3310. The number of rotatable bonds is 5. The van der Waals surface area contributed by atoms with Gasteiger partial charge < -0.3 is 9.13 Å². The lowest BCUT2D eigenvalue weighted by atomic mass is 9.98. The van der Waals surface area contributed by atoms with E-state index in [0.29, 0.717) is 11.3 Å². The molecule has 0 saturated heterocycles. The van der Waals surface area contributed by atoms with Gasteiger partial charge in [0.05, 0.1) is 51.6 Å². The van der Waals surface area contributed by atoms with Gasteiger partial charge in [0.2, 0.25) is 0 Å². The van der Waals surface area contributed by atoms with Gasteiger partial charge in [0, 0.05) is 21.5 Å². The van der Waals surface area contributed by atoms with Gasteiger partial charge in [-0.3, -0.25) is 0 Å². The smallest absolute Gasteiger partial charge is 0.197 e. The van der Waals surface area contributed by atoms with Crippen molar-refractivity contribution >= 4 is 49.3 Å². The number of nitriles is 1. The lowest BCUT2D eigenvalue weighted by Crippen LogP contribution is -2.04. The summed E-state index contributed by atoms with van der Waals surface area (Å²) >= 11 is 0. The van der Waals surface area contributed by atoms with E-state index in [1.807, 2.05) is 24.3 Å². The van der Waals surface area contributed by atoms with Crippen molar-refractivity contribution in [2.75, 3.05) is 0 Å². The Labute approximate surface area is 325 Å². The summed E-state index contributed by atoms with van der Waals surface area (Å²) in [7, 11) is 0. The Balaban J connectivity index is 1.33. The molecule has 4 nitrogen and oxygen atoms in total. The second kappa shape index (κ2) is 13.0. The Hall–Kier alpha value is -7.66. The number of hydrogen-bond acceptors (Lipinski definition) is 1. The zero-order valence-electron chi connectivity index (χ0n) is 31.0. The van der Waals surface area contributed by atoms with E-state index >= 15 is 0 Å². The standard InChI is InChI=1S/C52H34N4/c1-33-13-4-6-17-39(33)37-23-25-49-44(28-37)41-19-8-10-21-47(41)55(49)51-30-43(36-16-12-15-35(27-36)32-53)46(54-3)31-52(51)56-48-22-11-9-20-42(48)45-29-38(24-26-50(45)56)40-18-7-5-14-34(40)2/h4-31H,1-2H3. The quantitative estimate of drug-likeness (QED) is 0.164. The predicted octanol–water partition coefficient (Wildman–Crippen LogP) is 13.9. The van der Waals surface area contributed by atoms with Gasteiger partial charge in [-0.25, -0.2) is 4.85 Å². The van der Waals surface area contributed by atoms with Crippen LogP contribution < -0.4 is 0 Å². The SMILES string of the molecule is [C-]#[N+]c1cc(-n2c3ccccc3c3cc(-c4ccccc4C)ccc32)c(-n2c3ccccc3c3cc(-c4ccccc4C)ccc32)cc1-c1cccc(C#N)c1. The third-order valence-electron chi connectivity index (χ3n) is 11.3. The Kier molecular flexibility index (Phi) is 7.66. The fourth-order valence-electron chi connectivity index (χ4n) is 8.60. The summed E-state index contributed by atoms with van der Waals surface area (Å²) in [6, 6.07) is 61.8. The molecule has 262 valence electrons. The molecule has 0 bridgehead atoms. The largest absolute Gasteiger partial charge is 0.308 e. The fraction of sp³-hybridized carbons (Fsp3) is 0.0385. The van der Waals surface area contributed by atoms with Crippen molar-refractivity contribution < 1.29 is 0 Å². The number of fused-ring (bicyclic) bond motifs is 6. The minimum atomic E-state index is 0.518. The number of aromatic nitrogens is 2. The van der Waals surface area contributed by atoms with Gasteiger partial charge in [-0.05, 0) is 119 Å². The van der Waals surface area contributed by atoms with Crippen LogP contribution in [0.4, 0.5) is 5.69 Å². The molecule has 0 aliphatic heterocycles. The molecule has 0 unspecified atom stereocenters. The molecular formula is C52H34N4. The fourth-order valence-corrected chi connectivity index (χ4v) is 8.60. The first-order valence-corrected chi connectivity index (χ1v) is 18.8. The molecule has 4 heteroatoms. The maximum atomic E-state index is 9.86. The topological polar surface area (TPSA) is 38.0 Å². The number of hydrogen-bond donors (Lipinski definition) is 0. The Morgan fingerprint density at radius 2 is 0.929 bits per heavy atom. The highest BCUT2D eigenvalue weighted by Gasteiger charge is 2.23. The Morgan fingerprint density at radius 1 is 0.446 bits per heavy atom. The van der Waals surface area contributed by atoms with Crippen LogP contribution in [-0.2, 0) is 0 Å². The van der Waals surface area contributed by atoms with Crippen molar-refractivity contribution in [3.8, 4) is 50.8 Å². The van der Waals surface area contributed by atoms with Gasteiger partial charge in [0.1, 0.15) is 0 Å². The monoisotopic (exact) mass is 714 g/mol. The molecule has 2 aromatic heterocycles. The van der Waals surface area contributed by atoms with Crippen LogP contribution in [-0.4, -0.2) is 9.13 Å². The summed E-state index contributed by atoms with van der Waals surface area (Å²) in [5, 5.41) is 14.4. The second-order valence-electron chi connectivity index (χ2n) is 14.5. The van der Waals surface area contributed by atoms with Crippen LogP contribution >= 0.6 is 0 Å². The van der Waals surface area contributed by atoms with Crippen LogP contribution in [0.3, 0.4) is 0 Å². The lowest BCUT2D eigenvalue weighted by Gasteiger charge is -2.20. The Morgan fingerprint density at radius 3 is 1.46 bits per heavy atom. The average Bonchev–Trinajstić information content (AvgIpc) is 3.75. The summed E-state index contributed by atoms with van der Waals surface area (Å²) in [6.45, 7) is 12.8. The minimum Gasteiger partial charge on any atom is -0.308 e. The summed E-state index contributed by atoms with van der Waals surface area (Å²) in [5.41, 5.74) is 16.0. The third kappa shape index (κ3) is 5.12. The van der Waals surface area contributed by atoms with E-state index in [0.717, 1.165) is 66.1 Å². The first-order valence-electron chi connectivity index (χ1n) is 18.8. The van der Waals surface area contributed by atoms with Crippen LogP contribution in [0.2, 0.25) is 0 Å². The molecule has 0 spiro atoms. The maximum Gasteiger partial charge on any atom is 0.197 e. The van der Waals surface area contributed by atoms with E-state index in [1.54, 1.807) is 6.07 Å². The zero-order valence-corrected chi connectivity index (χ0v) is 31.0. The average molecular weight is 715 g/mol. The van der Waals surface area contributed by atoms with Gasteiger partial charge >= 0.3 is 0 Å². The van der Waals surface area contributed by atoms with Crippen molar-refractivity contribution in [2.24, 2.45) is 0 Å². The second-order valence-corrected chi connectivity index (χ2v) is 14.5. The first kappa shape index (κ1) is 32.9. The molecule has 0 fully saturated rings. The van der Waals surface area contributed by atoms with Crippen LogP contribution in [0, 0.1) is 31.8 Å². The van der Waals surface area contributed by atoms with Gasteiger partial charge in [0.15, 0.2) is 5.69 Å². The summed E-state index contributed by atoms with van der Waals surface area (Å²) in [6.07, 6.45) is 0. The zero-order chi connectivity index (χ0) is 37.9. The molecule has 2 heterocycles. The first-order chi connectivity index (χ1) is 27.5. The molecule has 0 radical (unpaired) electrons. The predicted molar refractivity (Wildman–Crippen MR) is 232 cm³/mol. The molecule has 0 aliphatic carbocycles. The van der Waals surface area contributed by atoms with Crippen molar-refractivity contribution in [3.05, 3.63) is 198 Å². The molecule has 0 atom stereocenters. The maximum absolute atomic E-state index is 9.86. The highest BCUT2D eigenvalue weighted by Crippen LogP contribution is 2.44. The molecule has 10 rings (SSSR count). The molecule has 0 N–H and O–H groups in total. The van der Waals surface area contributed by atoms with Crippen LogP contribution in [0.1, 0.15) is 16.7 Å². The molecule has 8 aromatic carbocycles. The number of benzene rings is 8. The normalized spacial score (nSPS) is 11.4. The lowest BCUT2D eigenvalue weighted by molar-refractivity contribution is 1.10. The summed E-state index contributed by atoms with van der Waals surface area (Å²) in [5.74, 6) is 0. The van der Waals surface area contributed by atoms with Gasteiger partial charge in [0.25, 0.3) is 0 Å². The van der Waals surface area contributed by atoms with Crippen molar-refractivity contribution in [2.45, 2.75) is 13.8 Å². The van der Waals surface area contributed by atoms with E-state index in [2.05, 4.69) is 173 Å². The molecule has 0 aliphatic rings. The van der Waals surface area contributed by atoms with Crippen molar-refractivity contribution in [1.29, 1.82) is 5.26 Å². The van der Waals surface area contributed by atoms with E-state index in [9.17, 15) is 5.26 Å². The number of para-hydroxylation sites is 2. The minimum absolute atomic E-state index is 0.518. The van der Waals surface area contributed by atoms with E-state index in [-0.39, 0.29) is 0 Å². The summed E-state index contributed by atoms with van der Waals surface area (Å²) < 4.78 is 4.68. The van der Waals surface area contributed by atoms with Gasteiger partial charge in [-0.1, -0.05) is 109 Å². The van der Waals surface area contributed by atoms with Gasteiger partial charge in [-0.15, -0.1) is 0 Å². The third-order valence-corrected chi connectivity index (χ3v) is 11.3. The number of nitrogens with zero attached hydrogens (tertiary/aromatic N) is 4. The van der Waals surface area contributed by atoms with Gasteiger partial charge in [-0.2, -0.15) is 5.26 Å². The van der Waals surface area contributed by atoms with Crippen LogP contribution in [0.15, 0.2) is 170 Å². The van der Waals surface area contributed by atoms with E-state index < -0.39 is 0 Å². The van der Waals surface area contributed by atoms with Crippen molar-refractivity contribution in [1.82, 2.24) is 9.13 Å². The van der Waals surface area contributed by atoms with E-state index in [4.69, 9.17) is 6.57 Å². The molecule has 0 saturated carbocycles. The van der Waals surface area contributed by atoms with Crippen LogP contribution in [0.5, 0.6) is 0 Å². The molecular weight excluding hydrogens is 681 g/mol. The summed E-state index contributed by atoms with van der Waals surface area (Å²) in [4.78, 5) is 4.14. The highest BCUT2D eigenvalue weighted by atomic mass is 15.1. The van der Waals surface area contributed by atoms with Crippen LogP contribution in [0.25, 0.3) is 93.2 Å². The number of aryl methyl sites for hydroxylation is 2. The van der Waals surface area contributed by atoms with Crippen molar-refractivity contribution in [3.63, 3.8) is 0 Å². The molecule has 0 amide bonds.